The van der Waals surface area contributed by atoms with E-state index in [-0.39, 0.29) is 4.83 Å². The van der Waals surface area contributed by atoms with Crippen molar-refractivity contribution in [2.75, 3.05) is 0 Å². The van der Waals surface area contributed by atoms with Crippen LogP contribution in [0.3, 0.4) is 0 Å². The Balaban J connectivity index is 3.03. The molecule has 1 aromatic rings. The molecular formula is C12H13BrF3NO. The van der Waals surface area contributed by atoms with Crippen LogP contribution in [0.15, 0.2) is 12.1 Å². The molecule has 0 aliphatic rings. The normalized spacial score (nSPS) is 13.3. The van der Waals surface area contributed by atoms with Crippen LogP contribution in [0, 0.1) is 17.5 Å². The molecule has 0 bridgehead atoms. The highest BCUT2D eigenvalue weighted by atomic mass is 79.9. The summed E-state index contributed by atoms with van der Waals surface area (Å²) >= 11 is 3.30. The largest absolute Gasteiger partial charge is 0.346 e. The van der Waals surface area contributed by atoms with Crippen molar-refractivity contribution in [3.8, 4) is 0 Å². The van der Waals surface area contributed by atoms with Gasteiger partial charge in [-0.3, -0.25) is 4.79 Å². The lowest BCUT2D eigenvalue weighted by Crippen LogP contribution is -2.49. The molecule has 1 N–H and O–H groups in total. The van der Waals surface area contributed by atoms with Gasteiger partial charge in [0.1, 0.15) is 0 Å². The van der Waals surface area contributed by atoms with E-state index in [1.165, 1.54) is 0 Å². The molecule has 1 unspecified atom stereocenters. The molecule has 0 aromatic heterocycles. The van der Waals surface area contributed by atoms with Crippen LogP contribution >= 0.6 is 15.9 Å². The molecule has 1 aromatic carbocycles. The Labute approximate surface area is 112 Å². The lowest BCUT2D eigenvalue weighted by molar-refractivity contribution is 0.0908. The van der Waals surface area contributed by atoms with Crippen molar-refractivity contribution in [3.63, 3.8) is 0 Å². The number of amides is 1. The molecule has 0 fully saturated rings. The van der Waals surface area contributed by atoms with Crippen LogP contribution < -0.4 is 5.32 Å². The van der Waals surface area contributed by atoms with Crippen LogP contribution in [0.1, 0.15) is 31.1 Å². The lowest BCUT2D eigenvalue weighted by Gasteiger charge is -2.29. The summed E-state index contributed by atoms with van der Waals surface area (Å²) in [5, 5.41) is 2.54. The second kappa shape index (κ2) is 5.30. The van der Waals surface area contributed by atoms with Crippen LogP contribution in [0.4, 0.5) is 13.2 Å². The number of halogens is 4. The summed E-state index contributed by atoms with van der Waals surface area (Å²) in [5.41, 5.74) is -1.18. The van der Waals surface area contributed by atoms with E-state index in [9.17, 15) is 18.0 Å². The minimum Gasteiger partial charge on any atom is -0.346 e. The van der Waals surface area contributed by atoms with Gasteiger partial charge in [0.2, 0.25) is 0 Å². The zero-order chi connectivity index (χ0) is 14.1. The van der Waals surface area contributed by atoms with Crippen molar-refractivity contribution in [2.45, 2.75) is 31.1 Å². The number of carbonyl (C=O) groups is 1. The first-order chi connectivity index (χ1) is 8.16. The predicted molar refractivity (Wildman–Crippen MR) is 66.3 cm³/mol. The summed E-state index contributed by atoms with van der Waals surface area (Å²) in [5.74, 6) is -5.24. The molecule has 0 heterocycles. The lowest BCUT2D eigenvalue weighted by atomic mass is 10.0. The van der Waals surface area contributed by atoms with E-state index in [4.69, 9.17) is 0 Å². The summed E-state index contributed by atoms with van der Waals surface area (Å²) in [4.78, 5) is 11.7. The van der Waals surface area contributed by atoms with Crippen molar-refractivity contribution in [2.24, 2.45) is 0 Å². The second-order valence-corrected chi connectivity index (χ2v) is 5.89. The number of alkyl halides is 1. The van der Waals surface area contributed by atoms with Crippen LogP contribution in [0.25, 0.3) is 0 Å². The molecule has 0 radical (unpaired) electrons. The van der Waals surface area contributed by atoms with Crippen molar-refractivity contribution in [1.29, 1.82) is 0 Å². The fourth-order valence-corrected chi connectivity index (χ4v) is 1.28. The first-order valence-corrected chi connectivity index (χ1v) is 6.18. The zero-order valence-electron chi connectivity index (χ0n) is 10.2. The molecule has 6 heteroatoms. The quantitative estimate of drug-likeness (QED) is 0.670. The fraction of sp³-hybridized carbons (Fsp3) is 0.417. The molecule has 18 heavy (non-hydrogen) atoms. The van der Waals surface area contributed by atoms with Gasteiger partial charge in [-0.15, -0.1) is 0 Å². The van der Waals surface area contributed by atoms with E-state index in [0.29, 0.717) is 0 Å². The van der Waals surface area contributed by atoms with E-state index in [2.05, 4.69) is 21.2 Å². The van der Waals surface area contributed by atoms with Crippen LogP contribution in [0.2, 0.25) is 0 Å². The summed E-state index contributed by atoms with van der Waals surface area (Å²) in [7, 11) is 0. The molecule has 100 valence electrons. The van der Waals surface area contributed by atoms with Gasteiger partial charge in [-0.2, -0.15) is 0 Å². The van der Waals surface area contributed by atoms with E-state index in [0.717, 1.165) is 12.1 Å². The Bertz CT molecular complexity index is 475. The van der Waals surface area contributed by atoms with Gasteiger partial charge in [0.05, 0.1) is 5.56 Å². The third-order valence-corrected chi connectivity index (χ3v) is 3.85. The van der Waals surface area contributed by atoms with E-state index >= 15 is 0 Å². The molecule has 0 aliphatic carbocycles. The Hall–Kier alpha value is -1.04. The average Bonchev–Trinajstić information content (AvgIpc) is 2.25. The van der Waals surface area contributed by atoms with Gasteiger partial charge in [-0.25, -0.2) is 13.2 Å². The third-order valence-electron chi connectivity index (χ3n) is 2.71. The number of rotatable bonds is 3. The second-order valence-electron chi connectivity index (χ2n) is 4.51. The summed E-state index contributed by atoms with van der Waals surface area (Å²) in [6.45, 7) is 5.26. The Morgan fingerprint density at radius 2 is 1.83 bits per heavy atom. The number of carbonyl (C=O) groups excluding carboxylic acids is 1. The molecule has 2 nitrogen and oxygen atoms in total. The molecule has 0 saturated carbocycles. The summed E-state index contributed by atoms with van der Waals surface area (Å²) in [6.07, 6.45) is 0. The SMILES string of the molecule is CC(Br)C(C)(C)NC(=O)c1ccc(F)c(F)c1F. The Kier molecular flexibility index (Phi) is 4.42. The minimum absolute atomic E-state index is 0.0812. The third kappa shape index (κ3) is 3.04. The highest BCUT2D eigenvalue weighted by molar-refractivity contribution is 9.09. The van der Waals surface area contributed by atoms with Gasteiger partial charge in [-0.1, -0.05) is 22.9 Å². The molecule has 1 amide bonds. The Morgan fingerprint density at radius 1 is 1.28 bits per heavy atom. The van der Waals surface area contributed by atoms with Gasteiger partial charge in [0, 0.05) is 10.4 Å². The standard InChI is InChI=1S/C12H13BrF3NO/c1-6(13)12(2,3)17-11(18)7-4-5-8(14)10(16)9(7)15/h4-6H,1-3H3,(H,17,18). The van der Waals surface area contributed by atoms with Gasteiger partial charge >= 0.3 is 0 Å². The Morgan fingerprint density at radius 3 is 2.33 bits per heavy atom. The van der Waals surface area contributed by atoms with Gasteiger partial charge in [0.15, 0.2) is 17.5 Å². The zero-order valence-corrected chi connectivity index (χ0v) is 11.7. The molecule has 1 rings (SSSR count). The molecule has 0 spiro atoms. The highest BCUT2D eigenvalue weighted by Crippen LogP contribution is 2.19. The average molecular weight is 324 g/mol. The molecule has 0 saturated heterocycles. The van der Waals surface area contributed by atoms with E-state index in [1.54, 1.807) is 13.8 Å². The topological polar surface area (TPSA) is 29.1 Å². The first-order valence-electron chi connectivity index (χ1n) is 5.27. The molecular weight excluding hydrogens is 311 g/mol. The van der Waals surface area contributed by atoms with Gasteiger partial charge < -0.3 is 5.32 Å². The first kappa shape index (κ1) is 15.0. The van der Waals surface area contributed by atoms with Crippen molar-refractivity contribution >= 4 is 21.8 Å². The van der Waals surface area contributed by atoms with Crippen LogP contribution in [-0.4, -0.2) is 16.3 Å². The summed E-state index contributed by atoms with van der Waals surface area (Å²) in [6, 6.07) is 1.63. The highest BCUT2D eigenvalue weighted by Gasteiger charge is 2.28. The number of benzene rings is 1. The summed E-state index contributed by atoms with van der Waals surface area (Å²) < 4.78 is 39.1. The molecule has 0 aliphatic heterocycles. The number of nitrogens with one attached hydrogen (secondary N) is 1. The fourth-order valence-electron chi connectivity index (χ4n) is 1.16. The monoisotopic (exact) mass is 323 g/mol. The number of hydrogen-bond donors (Lipinski definition) is 1. The predicted octanol–water partition coefficient (Wildman–Crippen LogP) is 3.40. The van der Waals surface area contributed by atoms with Crippen LogP contribution in [-0.2, 0) is 0 Å². The van der Waals surface area contributed by atoms with Crippen molar-refractivity contribution < 1.29 is 18.0 Å². The van der Waals surface area contributed by atoms with Gasteiger partial charge in [-0.05, 0) is 26.0 Å². The van der Waals surface area contributed by atoms with Crippen molar-refractivity contribution in [3.05, 3.63) is 35.1 Å². The van der Waals surface area contributed by atoms with Crippen LogP contribution in [0.5, 0.6) is 0 Å². The smallest absolute Gasteiger partial charge is 0.254 e. The maximum atomic E-state index is 13.4. The number of hydrogen-bond acceptors (Lipinski definition) is 1. The van der Waals surface area contributed by atoms with Gasteiger partial charge in [0.25, 0.3) is 5.91 Å². The maximum absolute atomic E-state index is 13.4. The van der Waals surface area contributed by atoms with E-state index < -0.39 is 34.5 Å². The van der Waals surface area contributed by atoms with Crippen molar-refractivity contribution in [1.82, 2.24) is 5.32 Å². The maximum Gasteiger partial charge on any atom is 0.254 e. The minimum atomic E-state index is -1.65. The molecule has 1 atom stereocenters. The van der Waals surface area contributed by atoms with E-state index in [1.807, 2.05) is 6.92 Å².